The predicted octanol–water partition coefficient (Wildman–Crippen LogP) is 4.36. The number of hydrogen-bond acceptors (Lipinski definition) is 3. The highest BCUT2D eigenvalue weighted by Crippen LogP contribution is 2.50. The van der Waals surface area contributed by atoms with Crippen molar-refractivity contribution in [2.45, 2.75) is 40.4 Å². The van der Waals surface area contributed by atoms with E-state index in [-0.39, 0.29) is 6.47 Å². The van der Waals surface area contributed by atoms with Crippen LogP contribution in [0.15, 0.2) is 0 Å². The zero-order valence-electron chi connectivity index (χ0n) is 14.7. The molecule has 0 saturated heterocycles. The van der Waals surface area contributed by atoms with Gasteiger partial charge in [0.15, 0.2) is 23.3 Å². The molecule has 0 amide bonds. The molecule has 0 N–H and O–H groups in total. The maximum Gasteiger partial charge on any atom is 0.293 e. The molecule has 1 atom stereocenters. The van der Waals surface area contributed by atoms with Gasteiger partial charge in [-0.2, -0.15) is 0 Å². The van der Waals surface area contributed by atoms with E-state index in [0.29, 0.717) is 5.41 Å². The Morgan fingerprint density at radius 2 is 1.36 bits per heavy atom. The molecular formula is C18H22F4O3. The van der Waals surface area contributed by atoms with E-state index in [1.54, 1.807) is 0 Å². The third-order valence-electron chi connectivity index (χ3n) is 4.04. The monoisotopic (exact) mass is 362 g/mol. The van der Waals surface area contributed by atoms with Crippen molar-refractivity contribution >= 4 is 6.47 Å². The lowest BCUT2D eigenvalue weighted by molar-refractivity contribution is -0.129. The SMILES string of the molecule is C#C.COCc1c(F)c(F)c(COC=O)c(F)c1F.C[C@@H]1CC1(C)C. The van der Waals surface area contributed by atoms with Crippen molar-refractivity contribution in [1.29, 1.82) is 0 Å². The van der Waals surface area contributed by atoms with Crippen molar-refractivity contribution in [1.82, 2.24) is 0 Å². The van der Waals surface area contributed by atoms with Gasteiger partial charge < -0.3 is 9.47 Å². The fourth-order valence-electron chi connectivity index (χ4n) is 1.97. The van der Waals surface area contributed by atoms with Gasteiger partial charge in [-0.25, -0.2) is 17.6 Å². The van der Waals surface area contributed by atoms with Gasteiger partial charge >= 0.3 is 0 Å². The molecule has 1 aliphatic carbocycles. The second-order valence-corrected chi connectivity index (χ2v) is 6.15. The van der Waals surface area contributed by atoms with Crippen LogP contribution in [0.1, 0.15) is 38.3 Å². The molecule has 0 spiro atoms. The van der Waals surface area contributed by atoms with E-state index in [4.69, 9.17) is 0 Å². The van der Waals surface area contributed by atoms with Crippen LogP contribution in [0.4, 0.5) is 17.6 Å². The van der Waals surface area contributed by atoms with E-state index in [2.05, 4.69) is 43.1 Å². The highest BCUT2D eigenvalue weighted by Gasteiger charge is 2.41. The molecule has 2 rings (SSSR count). The summed E-state index contributed by atoms with van der Waals surface area (Å²) in [5, 5.41) is 0. The van der Waals surface area contributed by atoms with Gasteiger partial charge in [0.25, 0.3) is 6.47 Å². The average molecular weight is 362 g/mol. The molecule has 0 heterocycles. The number of hydrogen-bond donors (Lipinski definition) is 0. The Balaban J connectivity index is 0.000000596. The highest BCUT2D eigenvalue weighted by atomic mass is 19.2. The summed E-state index contributed by atoms with van der Waals surface area (Å²) in [4.78, 5) is 9.87. The molecule has 1 saturated carbocycles. The third-order valence-corrected chi connectivity index (χ3v) is 4.04. The molecule has 0 radical (unpaired) electrons. The summed E-state index contributed by atoms with van der Waals surface area (Å²) < 4.78 is 61.7. The summed E-state index contributed by atoms with van der Waals surface area (Å²) in [6.45, 7) is 5.36. The quantitative estimate of drug-likeness (QED) is 0.338. The first-order valence-electron chi connectivity index (χ1n) is 7.38. The highest BCUT2D eigenvalue weighted by molar-refractivity contribution is 5.38. The molecule has 0 bridgehead atoms. The fraction of sp³-hybridized carbons (Fsp3) is 0.500. The molecule has 1 fully saturated rings. The molecule has 1 aromatic carbocycles. The van der Waals surface area contributed by atoms with Gasteiger partial charge in [0, 0.05) is 7.11 Å². The number of rotatable bonds is 5. The van der Waals surface area contributed by atoms with Gasteiger partial charge in [-0.15, -0.1) is 12.8 Å². The number of terminal acetylenes is 1. The third kappa shape index (κ3) is 6.05. The topological polar surface area (TPSA) is 35.5 Å². The number of carbonyl (C=O) groups is 1. The molecule has 0 aliphatic heterocycles. The molecule has 7 heteroatoms. The Hall–Kier alpha value is -2.07. The van der Waals surface area contributed by atoms with Crippen LogP contribution in [0.3, 0.4) is 0 Å². The van der Waals surface area contributed by atoms with Crippen molar-refractivity contribution in [3.05, 3.63) is 34.4 Å². The van der Waals surface area contributed by atoms with Crippen LogP contribution in [-0.4, -0.2) is 13.6 Å². The molecule has 140 valence electrons. The van der Waals surface area contributed by atoms with Gasteiger partial charge in [-0.05, 0) is 17.8 Å². The average Bonchev–Trinajstić information content (AvgIpc) is 3.15. The lowest BCUT2D eigenvalue weighted by Crippen LogP contribution is -2.10. The van der Waals surface area contributed by atoms with E-state index in [9.17, 15) is 22.4 Å². The standard InChI is InChI=1S/C10H8F4O3.C6H12.C2H2/c1-16-2-5-7(11)9(13)6(3-17-4-15)10(14)8(5)12;1-5-4-6(5,2)3;1-2/h4H,2-3H2,1H3;5H,4H2,1-3H3;1-2H/t;5-;/m.1./s1. The van der Waals surface area contributed by atoms with Crippen LogP contribution < -0.4 is 0 Å². The van der Waals surface area contributed by atoms with Crippen LogP contribution in [0.2, 0.25) is 0 Å². The first kappa shape index (κ1) is 22.9. The number of methoxy groups -OCH3 is 1. The van der Waals surface area contributed by atoms with Crippen LogP contribution in [0, 0.1) is 47.4 Å². The Labute approximate surface area is 145 Å². The summed E-state index contributed by atoms with van der Waals surface area (Å²) in [5.74, 6) is -5.32. The molecule has 1 aliphatic rings. The van der Waals surface area contributed by atoms with E-state index < -0.39 is 47.6 Å². The summed E-state index contributed by atoms with van der Waals surface area (Å²) in [6, 6.07) is 0. The molecule has 0 aromatic heterocycles. The molecule has 0 unspecified atom stereocenters. The Bertz CT molecular complexity index is 583. The maximum absolute atomic E-state index is 13.3. The maximum atomic E-state index is 13.3. The first-order valence-corrected chi connectivity index (χ1v) is 7.38. The largest absolute Gasteiger partial charge is 0.463 e. The molecule has 3 nitrogen and oxygen atoms in total. The summed E-state index contributed by atoms with van der Waals surface area (Å²) in [5.41, 5.74) is -1.12. The van der Waals surface area contributed by atoms with Gasteiger partial charge in [0.2, 0.25) is 0 Å². The summed E-state index contributed by atoms with van der Waals surface area (Å²) in [7, 11) is 1.12. The Kier molecular flexibility index (Phi) is 9.21. The van der Waals surface area contributed by atoms with Gasteiger partial charge in [-0.1, -0.05) is 20.8 Å². The second-order valence-electron chi connectivity index (χ2n) is 6.15. The summed E-state index contributed by atoms with van der Waals surface area (Å²) >= 11 is 0. The van der Waals surface area contributed by atoms with Crippen molar-refractivity contribution in [3.8, 4) is 12.8 Å². The number of benzene rings is 1. The Morgan fingerprint density at radius 1 is 1.04 bits per heavy atom. The zero-order valence-corrected chi connectivity index (χ0v) is 14.7. The van der Waals surface area contributed by atoms with E-state index in [1.807, 2.05) is 0 Å². The lowest BCUT2D eigenvalue weighted by Gasteiger charge is -2.10. The van der Waals surface area contributed by atoms with Crippen LogP contribution >= 0.6 is 0 Å². The lowest BCUT2D eigenvalue weighted by atomic mass is 10.1. The van der Waals surface area contributed by atoms with Gasteiger partial charge in [-0.3, -0.25) is 4.79 Å². The van der Waals surface area contributed by atoms with E-state index in [1.165, 1.54) is 6.42 Å². The predicted molar refractivity (Wildman–Crippen MR) is 85.3 cm³/mol. The van der Waals surface area contributed by atoms with Crippen molar-refractivity contribution < 1.29 is 31.8 Å². The van der Waals surface area contributed by atoms with Crippen molar-refractivity contribution in [2.75, 3.05) is 7.11 Å². The minimum absolute atomic E-state index is 0.0856. The van der Waals surface area contributed by atoms with E-state index >= 15 is 0 Å². The molecule has 25 heavy (non-hydrogen) atoms. The van der Waals surface area contributed by atoms with Crippen molar-refractivity contribution in [3.63, 3.8) is 0 Å². The first-order chi connectivity index (χ1) is 11.7. The minimum Gasteiger partial charge on any atom is -0.463 e. The van der Waals surface area contributed by atoms with Crippen LogP contribution in [0.5, 0.6) is 0 Å². The minimum atomic E-state index is -1.60. The zero-order chi connectivity index (χ0) is 19.8. The second kappa shape index (κ2) is 10.0. The van der Waals surface area contributed by atoms with Gasteiger partial charge in [0.1, 0.15) is 6.61 Å². The van der Waals surface area contributed by atoms with Crippen LogP contribution in [-0.2, 0) is 27.5 Å². The van der Waals surface area contributed by atoms with Gasteiger partial charge in [0.05, 0.1) is 17.7 Å². The smallest absolute Gasteiger partial charge is 0.293 e. The number of carbonyl (C=O) groups excluding carboxylic acids is 1. The fourth-order valence-corrected chi connectivity index (χ4v) is 1.97. The normalized spacial score (nSPS) is 16.6. The Morgan fingerprint density at radius 3 is 1.60 bits per heavy atom. The number of halogens is 4. The number of ether oxygens (including phenoxy) is 2. The van der Waals surface area contributed by atoms with E-state index in [0.717, 1.165) is 13.0 Å². The van der Waals surface area contributed by atoms with Crippen molar-refractivity contribution in [2.24, 2.45) is 11.3 Å². The summed E-state index contributed by atoms with van der Waals surface area (Å²) in [6.07, 6.45) is 9.44. The molecular weight excluding hydrogens is 340 g/mol. The van der Waals surface area contributed by atoms with Crippen LogP contribution in [0.25, 0.3) is 0 Å². The molecule has 1 aromatic rings.